The normalized spacial score (nSPS) is 17.4. The van der Waals surface area contributed by atoms with E-state index in [9.17, 15) is 0 Å². The van der Waals surface area contributed by atoms with Crippen molar-refractivity contribution in [3.63, 3.8) is 0 Å². The summed E-state index contributed by atoms with van der Waals surface area (Å²) in [7, 11) is 0. The molecule has 3 rings (SSSR count). The summed E-state index contributed by atoms with van der Waals surface area (Å²) < 4.78 is 0. The van der Waals surface area contributed by atoms with E-state index < -0.39 is 0 Å². The molecule has 0 saturated carbocycles. The van der Waals surface area contributed by atoms with E-state index in [1.165, 1.54) is 11.1 Å². The first kappa shape index (κ1) is 13.7. The molecule has 0 unspecified atom stereocenters. The van der Waals surface area contributed by atoms with Gasteiger partial charge in [-0.15, -0.1) is 11.8 Å². The van der Waals surface area contributed by atoms with E-state index in [2.05, 4.69) is 46.1 Å². The largest absolute Gasteiger partial charge is 0.349 e. The second-order valence-electron chi connectivity index (χ2n) is 4.97. The highest BCUT2D eigenvalue weighted by Gasteiger charge is 2.30. The minimum absolute atomic E-state index is 0.334. The zero-order chi connectivity index (χ0) is 14.1. The highest BCUT2D eigenvalue weighted by Crippen LogP contribution is 2.37. The van der Waals surface area contributed by atoms with Crippen LogP contribution in [0.3, 0.4) is 0 Å². The number of hydrogen-bond acceptors (Lipinski definition) is 4. The predicted octanol–water partition coefficient (Wildman–Crippen LogP) is 3.80. The molecule has 1 aliphatic heterocycles. The summed E-state index contributed by atoms with van der Waals surface area (Å²) in [6.45, 7) is 3.08. The molecule has 0 N–H and O–H groups in total. The van der Waals surface area contributed by atoms with Gasteiger partial charge in [0.15, 0.2) is 0 Å². The number of hydrogen-bond donors (Lipinski definition) is 0. The molecule has 1 aromatic heterocycles. The van der Waals surface area contributed by atoms with Gasteiger partial charge in [0.1, 0.15) is 10.8 Å². The number of nitrogens with zero attached hydrogens (tertiary/aromatic N) is 3. The molecule has 104 valence electrons. The molecule has 1 aromatic carbocycles. The van der Waals surface area contributed by atoms with E-state index in [0.717, 1.165) is 23.8 Å². The lowest BCUT2D eigenvalue weighted by Crippen LogP contribution is -2.29. The smallest absolute Gasteiger partial charge is 0.225 e. The third-order valence-corrected chi connectivity index (χ3v) is 4.51. The molecule has 5 heteroatoms. The zero-order valence-corrected chi connectivity index (χ0v) is 13.1. The molecule has 2 aromatic rings. The molecule has 0 saturated heterocycles. The Balaban J connectivity index is 1.97. The third-order valence-electron chi connectivity index (χ3n) is 3.61. The second-order valence-corrected chi connectivity index (χ2v) is 6.10. The van der Waals surface area contributed by atoms with Gasteiger partial charge in [0, 0.05) is 18.2 Å². The summed E-state index contributed by atoms with van der Waals surface area (Å²) in [5.41, 5.74) is 2.51. The van der Waals surface area contributed by atoms with E-state index in [4.69, 9.17) is 11.6 Å². The van der Waals surface area contributed by atoms with Gasteiger partial charge in [-0.05, 0) is 36.8 Å². The number of fused-ring (bicyclic) bond motifs is 1. The quantitative estimate of drug-likeness (QED) is 0.490. The molecular formula is C15H16ClN3S. The molecule has 0 aliphatic carbocycles. The molecular weight excluding hydrogens is 290 g/mol. The Morgan fingerprint density at radius 3 is 2.75 bits per heavy atom. The summed E-state index contributed by atoms with van der Waals surface area (Å²) in [4.78, 5) is 11.1. The summed E-state index contributed by atoms with van der Waals surface area (Å²) >= 11 is 7.70. The van der Waals surface area contributed by atoms with Crippen molar-refractivity contribution >= 4 is 29.2 Å². The van der Waals surface area contributed by atoms with Crippen molar-refractivity contribution in [3.8, 4) is 0 Å². The minimum atomic E-state index is 0.334. The Labute approximate surface area is 128 Å². The van der Waals surface area contributed by atoms with Crippen LogP contribution in [0.15, 0.2) is 35.4 Å². The fourth-order valence-corrected chi connectivity index (χ4v) is 3.45. The van der Waals surface area contributed by atoms with E-state index in [0.29, 0.717) is 11.3 Å². The maximum atomic E-state index is 6.06. The first-order valence-corrected chi connectivity index (χ1v) is 8.20. The highest BCUT2D eigenvalue weighted by atomic mass is 35.5. The van der Waals surface area contributed by atoms with Crippen molar-refractivity contribution in [2.45, 2.75) is 31.0 Å². The molecule has 0 radical (unpaired) electrons. The van der Waals surface area contributed by atoms with Gasteiger partial charge in [-0.1, -0.05) is 30.3 Å². The Hall–Kier alpha value is -1.26. The number of thioether (sulfide) groups is 1. The van der Waals surface area contributed by atoms with Crippen LogP contribution in [0.2, 0.25) is 5.28 Å². The van der Waals surface area contributed by atoms with Gasteiger partial charge in [0.2, 0.25) is 5.28 Å². The Bertz CT molecular complexity index is 618. The van der Waals surface area contributed by atoms with Crippen LogP contribution in [-0.2, 0) is 13.0 Å². The average Bonchev–Trinajstić information content (AvgIpc) is 2.76. The average molecular weight is 306 g/mol. The number of rotatable bonds is 3. The van der Waals surface area contributed by atoms with Crippen molar-refractivity contribution in [1.29, 1.82) is 0 Å². The molecule has 0 bridgehead atoms. The van der Waals surface area contributed by atoms with E-state index in [1.807, 2.05) is 12.3 Å². The van der Waals surface area contributed by atoms with Crippen LogP contribution in [0.5, 0.6) is 0 Å². The topological polar surface area (TPSA) is 29.0 Å². The predicted molar refractivity (Wildman–Crippen MR) is 84.6 cm³/mol. The molecule has 1 aliphatic rings. The fraction of sp³-hybridized carbons (Fsp3) is 0.333. The van der Waals surface area contributed by atoms with Crippen LogP contribution in [0, 0.1) is 0 Å². The molecule has 2 heterocycles. The first-order chi connectivity index (χ1) is 9.69. The maximum Gasteiger partial charge on any atom is 0.225 e. The van der Waals surface area contributed by atoms with Crippen LogP contribution in [0.4, 0.5) is 5.82 Å². The number of benzene rings is 1. The van der Waals surface area contributed by atoms with Gasteiger partial charge in [-0.25, -0.2) is 9.97 Å². The summed E-state index contributed by atoms with van der Waals surface area (Å²) in [5, 5.41) is 1.34. The standard InChI is InChI=1S/C15H16ClN3S/c1-10-8-12-13(17-15(16)18-14(12)20-2)19(10)9-11-6-4-3-5-7-11/h3-7,10H,8-9H2,1-2H3/t10-/m1/s1. The van der Waals surface area contributed by atoms with Crippen LogP contribution < -0.4 is 4.90 Å². The van der Waals surface area contributed by atoms with Crippen LogP contribution in [0.25, 0.3) is 0 Å². The number of halogens is 1. The zero-order valence-electron chi connectivity index (χ0n) is 11.5. The molecule has 0 spiro atoms. The van der Waals surface area contributed by atoms with Crippen molar-refractivity contribution in [2.24, 2.45) is 0 Å². The summed E-state index contributed by atoms with van der Waals surface area (Å²) in [6.07, 6.45) is 3.01. The van der Waals surface area contributed by atoms with Crippen molar-refractivity contribution < 1.29 is 0 Å². The van der Waals surface area contributed by atoms with Gasteiger partial charge in [-0.2, -0.15) is 0 Å². The van der Waals surface area contributed by atoms with Crippen LogP contribution in [0.1, 0.15) is 18.1 Å². The fourth-order valence-electron chi connectivity index (χ4n) is 2.64. The van der Waals surface area contributed by atoms with E-state index in [-0.39, 0.29) is 0 Å². The third kappa shape index (κ3) is 2.50. The minimum Gasteiger partial charge on any atom is -0.349 e. The molecule has 20 heavy (non-hydrogen) atoms. The monoisotopic (exact) mass is 305 g/mol. The first-order valence-electron chi connectivity index (χ1n) is 6.60. The van der Waals surface area contributed by atoms with Gasteiger partial charge in [0.25, 0.3) is 0 Å². The van der Waals surface area contributed by atoms with Gasteiger partial charge < -0.3 is 4.90 Å². The van der Waals surface area contributed by atoms with Crippen LogP contribution >= 0.6 is 23.4 Å². The van der Waals surface area contributed by atoms with E-state index >= 15 is 0 Å². The van der Waals surface area contributed by atoms with Crippen molar-refractivity contribution in [2.75, 3.05) is 11.2 Å². The van der Waals surface area contributed by atoms with Crippen molar-refractivity contribution in [1.82, 2.24) is 9.97 Å². The lowest BCUT2D eigenvalue weighted by atomic mass is 10.2. The Kier molecular flexibility index (Phi) is 3.85. The molecule has 0 fully saturated rings. The number of aromatic nitrogens is 2. The van der Waals surface area contributed by atoms with E-state index in [1.54, 1.807) is 11.8 Å². The SMILES string of the molecule is CSc1nc(Cl)nc2c1C[C@@H](C)N2Cc1ccccc1. The molecule has 3 nitrogen and oxygen atoms in total. The van der Waals surface area contributed by atoms with Gasteiger partial charge in [-0.3, -0.25) is 0 Å². The van der Waals surface area contributed by atoms with Crippen molar-refractivity contribution in [3.05, 3.63) is 46.7 Å². The summed E-state index contributed by atoms with van der Waals surface area (Å²) in [5.74, 6) is 0.991. The highest BCUT2D eigenvalue weighted by molar-refractivity contribution is 7.98. The Morgan fingerprint density at radius 1 is 1.30 bits per heavy atom. The van der Waals surface area contributed by atoms with Gasteiger partial charge in [0.05, 0.1) is 0 Å². The maximum absolute atomic E-state index is 6.06. The molecule has 0 amide bonds. The lowest BCUT2D eigenvalue weighted by Gasteiger charge is -2.24. The van der Waals surface area contributed by atoms with Crippen LogP contribution in [-0.4, -0.2) is 22.3 Å². The lowest BCUT2D eigenvalue weighted by molar-refractivity contribution is 0.666. The number of anilines is 1. The molecule has 1 atom stereocenters. The Morgan fingerprint density at radius 2 is 2.05 bits per heavy atom. The second kappa shape index (κ2) is 5.62. The van der Waals surface area contributed by atoms with Gasteiger partial charge >= 0.3 is 0 Å². The summed E-state index contributed by atoms with van der Waals surface area (Å²) in [6, 6.07) is 10.9.